The van der Waals surface area contributed by atoms with Gasteiger partial charge in [-0.2, -0.15) is 0 Å². The Balaban J connectivity index is 2.52. The van der Waals surface area contributed by atoms with Gasteiger partial charge in [0.25, 0.3) is 0 Å². The number of rotatable bonds is 1. The van der Waals surface area contributed by atoms with Crippen molar-refractivity contribution in [3.8, 4) is 0 Å². The maximum Gasteiger partial charge on any atom is 0.00953 e. The average Bonchev–Trinajstić information content (AvgIpc) is 2.05. The van der Waals surface area contributed by atoms with E-state index in [4.69, 9.17) is 0 Å². The number of likely N-dealkylation sites (tertiary alicyclic amines) is 1. The van der Waals surface area contributed by atoms with Crippen LogP contribution >= 0.6 is 0 Å². The summed E-state index contributed by atoms with van der Waals surface area (Å²) in [5.74, 6) is 0. The fourth-order valence-corrected chi connectivity index (χ4v) is 2.12. The quantitative estimate of drug-likeness (QED) is 0.540. The third-order valence-corrected chi connectivity index (χ3v) is 2.56. The lowest BCUT2D eigenvalue weighted by atomic mass is 9.90. The molecule has 0 aromatic heterocycles. The van der Waals surface area contributed by atoms with Gasteiger partial charge < -0.3 is 4.90 Å². The first-order valence-electron chi connectivity index (χ1n) is 4.25. The predicted octanol–water partition coefficient (Wildman–Crippen LogP) is 2.13. The summed E-state index contributed by atoms with van der Waals surface area (Å²) >= 11 is 0. The van der Waals surface area contributed by atoms with Gasteiger partial charge >= 0.3 is 0 Å². The summed E-state index contributed by atoms with van der Waals surface area (Å²) in [5.41, 5.74) is 0.565. The number of hydrogen-bond donors (Lipinski definition) is 0. The van der Waals surface area contributed by atoms with Crippen LogP contribution in [0.15, 0.2) is 0 Å². The van der Waals surface area contributed by atoms with Gasteiger partial charge in [0.05, 0.1) is 0 Å². The summed E-state index contributed by atoms with van der Waals surface area (Å²) < 4.78 is 0. The monoisotopic (exact) mass is 141 g/mol. The first kappa shape index (κ1) is 8.06. The van der Waals surface area contributed by atoms with E-state index in [0.29, 0.717) is 5.41 Å². The van der Waals surface area contributed by atoms with E-state index >= 15 is 0 Å². The second kappa shape index (κ2) is 2.54. The zero-order valence-corrected chi connectivity index (χ0v) is 7.65. The molecule has 1 fully saturated rings. The van der Waals surface area contributed by atoms with Gasteiger partial charge in [-0.15, -0.1) is 0 Å². The molecule has 1 atom stereocenters. The molecule has 10 heavy (non-hydrogen) atoms. The van der Waals surface area contributed by atoms with Crippen molar-refractivity contribution in [1.82, 2.24) is 4.90 Å². The Bertz CT molecular complexity index is 118. The molecule has 0 aliphatic carbocycles. The Morgan fingerprint density at radius 2 is 2.10 bits per heavy atom. The minimum atomic E-state index is 0.565. The highest BCUT2D eigenvalue weighted by Gasteiger charge is 2.33. The van der Waals surface area contributed by atoms with Gasteiger partial charge in [0, 0.05) is 12.6 Å². The van der Waals surface area contributed by atoms with Crippen molar-refractivity contribution in [2.45, 2.75) is 39.7 Å². The zero-order valence-electron chi connectivity index (χ0n) is 7.65. The van der Waals surface area contributed by atoms with Gasteiger partial charge in [-0.25, -0.2) is 0 Å². The standard InChI is InChI=1S/C9H19N/c1-5-8-6-9(2,3)7-10(8)4/h8H,5-7H2,1-4H3/t8-/m1/s1. The summed E-state index contributed by atoms with van der Waals surface area (Å²) in [4.78, 5) is 2.49. The molecule has 1 saturated heterocycles. The molecule has 60 valence electrons. The van der Waals surface area contributed by atoms with E-state index in [1.165, 1.54) is 19.4 Å². The fraction of sp³-hybridized carbons (Fsp3) is 1.00. The highest BCUT2D eigenvalue weighted by Crippen LogP contribution is 2.33. The van der Waals surface area contributed by atoms with Crippen molar-refractivity contribution >= 4 is 0 Å². The van der Waals surface area contributed by atoms with Crippen molar-refractivity contribution in [3.05, 3.63) is 0 Å². The molecule has 0 radical (unpaired) electrons. The van der Waals surface area contributed by atoms with Crippen molar-refractivity contribution < 1.29 is 0 Å². The van der Waals surface area contributed by atoms with Crippen LogP contribution in [0.2, 0.25) is 0 Å². The van der Waals surface area contributed by atoms with E-state index < -0.39 is 0 Å². The minimum absolute atomic E-state index is 0.565. The molecule has 0 aromatic rings. The summed E-state index contributed by atoms with van der Waals surface area (Å²) in [6, 6.07) is 0.843. The lowest BCUT2D eigenvalue weighted by Gasteiger charge is -2.16. The molecule has 1 nitrogen and oxygen atoms in total. The number of nitrogens with zero attached hydrogens (tertiary/aromatic N) is 1. The van der Waals surface area contributed by atoms with Crippen LogP contribution in [-0.2, 0) is 0 Å². The minimum Gasteiger partial charge on any atom is -0.303 e. The SMILES string of the molecule is CC[C@@H]1CC(C)(C)CN1C. The van der Waals surface area contributed by atoms with Gasteiger partial charge in [-0.3, -0.25) is 0 Å². The van der Waals surface area contributed by atoms with Crippen LogP contribution in [-0.4, -0.2) is 24.5 Å². The molecule has 1 heterocycles. The largest absolute Gasteiger partial charge is 0.303 e. The van der Waals surface area contributed by atoms with Crippen molar-refractivity contribution in [2.75, 3.05) is 13.6 Å². The molecule has 0 saturated carbocycles. The molecular formula is C9H19N. The molecule has 0 N–H and O–H groups in total. The molecule has 0 spiro atoms. The van der Waals surface area contributed by atoms with Gasteiger partial charge in [0.2, 0.25) is 0 Å². The van der Waals surface area contributed by atoms with Crippen molar-refractivity contribution in [1.29, 1.82) is 0 Å². The molecule has 1 aliphatic rings. The lowest BCUT2D eigenvalue weighted by molar-refractivity contribution is 0.291. The Labute approximate surface area is 64.4 Å². The average molecular weight is 141 g/mol. The first-order chi connectivity index (χ1) is 4.55. The Morgan fingerprint density at radius 1 is 1.50 bits per heavy atom. The molecule has 0 unspecified atom stereocenters. The molecule has 1 aliphatic heterocycles. The number of hydrogen-bond acceptors (Lipinski definition) is 1. The summed E-state index contributed by atoms with van der Waals surface area (Å²) in [7, 11) is 2.24. The van der Waals surface area contributed by atoms with E-state index in [1.54, 1.807) is 0 Å². The molecular weight excluding hydrogens is 122 g/mol. The lowest BCUT2D eigenvalue weighted by Crippen LogP contribution is -2.24. The normalized spacial score (nSPS) is 33.0. The van der Waals surface area contributed by atoms with Crippen LogP contribution in [0.5, 0.6) is 0 Å². The topological polar surface area (TPSA) is 3.24 Å². The van der Waals surface area contributed by atoms with E-state index in [2.05, 4.69) is 32.7 Å². The van der Waals surface area contributed by atoms with Crippen LogP contribution in [0.25, 0.3) is 0 Å². The Hall–Kier alpha value is -0.0400. The van der Waals surface area contributed by atoms with E-state index in [-0.39, 0.29) is 0 Å². The third-order valence-electron chi connectivity index (χ3n) is 2.56. The zero-order chi connectivity index (χ0) is 7.78. The highest BCUT2D eigenvalue weighted by atomic mass is 15.2. The van der Waals surface area contributed by atoms with Crippen molar-refractivity contribution in [2.24, 2.45) is 5.41 Å². The summed E-state index contributed by atoms with van der Waals surface area (Å²) in [6.07, 6.45) is 2.68. The molecule has 1 heteroatoms. The molecule has 0 amide bonds. The van der Waals surface area contributed by atoms with Gasteiger partial charge in [-0.05, 0) is 25.3 Å². The smallest absolute Gasteiger partial charge is 0.00953 e. The molecule has 0 bridgehead atoms. The summed E-state index contributed by atoms with van der Waals surface area (Å²) in [6.45, 7) is 8.27. The van der Waals surface area contributed by atoms with Crippen LogP contribution < -0.4 is 0 Å². The van der Waals surface area contributed by atoms with Crippen LogP contribution in [0.4, 0.5) is 0 Å². The molecule has 0 aromatic carbocycles. The fourth-order valence-electron chi connectivity index (χ4n) is 2.12. The van der Waals surface area contributed by atoms with E-state index in [9.17, 15) is 0 Å². The van der Waals surface area contributed by atoms with Crippen LogP contribution in [0, 0.1) is 5.41 Å². The van der Waals surface area contributed by atoms with E-state index in [0.717, 1.165) is 6.04 Å². The van der Waals surface area contributed by atoms with Gasteiger partial charge in [0.15, 0.2) is 0 Å². The Morgan fingerprint density at radius 3 is 2.30 bits per heavy atom. The van der Waals surface area contributed by atoms with Crippen molar-refractivity contribution in [3.63, 3.8) is 0 Å². The molecule has 1 rings (SSSR count). The maximum absolute atomic E-state index is 2.49. The van der Waals surface area contributed by atoms with Crippen LogP contribution in [0.1, 0.15) is 33.6 Å². The maximum atomic E-state index is 2.49. The van der Waals surface area contributed by atoms with Crippen LogP contribution in [0.3, 0.4) is 0 Å². The first-order valence-corrected chi connectivity index (χ1v) is 4.25. The Kier molecular flexibility index (Phi) is 2.04. The highest BCUT2D eigenvalue weighted by molar-refractivity contribution is 4.87. The third kappa shape index (κ3) is 1.51. The second-order valence-corrected chi connectivity index (χ2v) is 4.35. The van der Waals surface area contributed by atoms with E-state index in [1.807, 2.05) is 0 Å². The summed E-state index contributed by atoms with van der Waals surface area (Å²) in [5, 5.41) is 0. The van der Waals surface area contributed by atoms with Gasteiger partial charge in [0.1, 0.15) is 0 Å². The second-order valence-electron chi connectivity index (χ2n) is 4.35. The van der Waals surface area contributed by atoms with Gasteiger partial charge in [-0.1, -0.05) is 20.8 Å². The predicted molar refractivity (Wildman–Crippen MR) is 45.1 cm³/mol.